The van der Waals surface area contributed by atoms with E-state index in [2.05, 4.69) is 33.9 Å². The number of fused-ring (bicyclic) bond motifs is 1. The topological polar surface area (TPSA) is 82.5 Å². The fourth-order valence-corrected chi connectivity index (χ4v) is 2.39. The number of hydrogen-bond donors (Lipinski definition) is 1. The first-order valence-corrected chi connectivity index (χ1v) is 7.95. The zero-order valence-electron chi connectivity index (χ0n) is 14.4. The quantitative estimate of drug-likeness (QED) is 0.802. The first kappa shape index (κ1) is 16.9. The van der Waals surface area contributed by atoms with E-state index in [0.717, 1.165) is 28.1 Å². The molecule has 0 bridgehead atoms. The molecule has 0 aliphatic rings. The molecule has 3 aromatic rings. The Balaban J connectivity index is 0.000000924. The van der Waals surface area contributed by atoms with Crippen molar-refractivity contribution in [2.45, 2.75) is 47.1 Å². The predicted molar refractivity (Wildman–Crippen MR) is 93.2 cm³/mol. The Morgan fingerprint density at radius 1 is 1.22 bits per heavy atom. The van der Waals surface area contributed by atoms with Gasteiger partial charge in [0.05, 0.1) is 23.8 Å². The molecule has 0 unspecified atom stereocenters. The molecule has 3 heterocycles. The van der Waals surface area contributed by atoms with Crippen molar-refractivity contribution >= 4 is 16.9 Å². The molecule has 0 saturated heterocycles. The van der Waals surface area contributed by atoms with Crippen LogP contribution in [0.1, 0.15) is 50.7 Å². The molecular formula is C17H24N6. The molecule has 0 spiro atoms. The molecule has 23 heavy (non-hydrogen) atoms. The number of anilines is 1. The molecule has 2 N–H and O–H groups in total. The number of nitrogens with two attached hydrogens (primary N) is 1. The van der Waals surface area contributed by atoms with E-state index in [1.54, 1.807) is 6.20 Å². The van der Waals surface area contributed by atoms with Gasteiger partial charge in [-0.3, -0.25) is 0 Å². The van der Waals surface area contributed by atoms with Crippen molar-refractivity contribution in [3.8, 4) is 0 Å². The Hall–Kier alpha value is -2.50. The Morgan fingerprint density at radius 2 is 1.96 bits per heavy atom. The van der Waals surface area contributed by atoms with E-state index >= 15 is 0 Å². The van der Waals surface area contributed by atoms with Gasteiger partial charge in [0.15, 0.2) is 5.65 Å². The highest BCUT2D eigenvalue weighted by Gasteiger charge is 2.14. The molecule has 0 saturated carbocycles. The summed E-state index contributed by atoms with van der Waals surface area (Å²) in [5, 5.41) is 5.44. The molecule has 3 rings (SSSR count). The Kier molecular flexibility index (Phi) is 5.26. The van der Waals surface area contributed by atoms with Crippen molar-refractivity contribution in [2.75, 3.05) is 5.73 Å². The van der Waals surface area contributed by atoms with Gasteiger partial charge in [0.2, 0.25) is 0 Å². The second kappa shape index (κ2) is 7.17. The number of aromatic nitrogens is 5. The lowest BCUT2D eigenvalue weighted by Crippen LogP contribution is -2.07. The Labute approximate surface area is 136 Å². The van der Waals surface area contributed by atoms with Gasteiger partial charge in [0.25, 0.3) is 0 Å². The van der Waals surface area contributed by atoms with Crippen LogP contribution in [0, 0.1) is 6.92 Å². The van der Waals surface area contributed by atoms with Gasteiger partial charge in [0, 0.05) is 11.8 Å². The Bertz CT molecular complexity index is 791. The number of hydrogen-bond acceptors (Lipinski definition) is 5. The van der Waals surface area contributed by atoms with E-state index in [9.17, 15) is 0 Å². The van der Waals surface area contributed by atoms with Crippen LogP contribution in [0.2, 0.25) is 0 Å². The van der Waals surface area contributed by atoms with Crippen molar-refractivity contribution in [1.82, 2.24) is 24.7 Å². The summed E-state index contributed by atoms with van der Waals surface area (Å²) in [4.78, 5) is 13.2. The van der Waals surface area contributed by atoms with Crippen molar-refractivity contribution in [3.05, 3.63) is 41.6 Å². The summed E-state index contributed by atoms with van der Waals surface area (Å²) in [5.41, 5.74) is 8.71. The molecule has 0 radical (unpaired) electrons. The van der Waals surface area contributed by atoms with Crippen LogP contribution in [0.5, 0.6) is 0 Å². The van der Waals surface area contributed by atoms with Gasteiger partial charge in [-0.2, -0.15) is 5.10 Å². The van der Waals surface area contributed by atoms with Crippen LogP contribution in [0.15, 0.2) is 24.5 Å². The standard InChI is InChI=1S/C15H18N6.C2H6/c1-9(2)13-12-7-18-21(15(12)20-10(3)19-13)8-11-5-4-6-17-14(11)16;1-2/h4-7,9H,8H2,1-3H3,(H2,16,17);1-2H3. The number of aryl methyl sites for hydroxylation is 1. The largest absolute Gasteiger partial charge is 0.383 e. The lowest BCUT2D eigenvalue weighted by Gasteiger charge is -2.09. The maximum Gasteiger partial charge on any atom is 0.162 e. The van der Waals surface area contributed by atoms with Crippen LogP contribution in [0.25, 0.3) is 11.0 Å². The first-order valence-electron chi connectivity index (χ1n) is 7.95. The summed E-state index contributed by atoms with van der Waals surface area (Å²) in [6.07, 6.45) is 3.51. The minimum Gasteiger partial charge on any atom is -0.383 e. The van der Waals surface area contributed by atoms with E-state index < -0.39 is 0 Å². The van der Waals surface area contributed by atoms with Crippen LogP contribution in [-0.2, 0) is 6.54 Å². The minimum absolute atomic E-state index is 0.329. The molecule has 0 fully saturated rings. The average Bonchev–Trinajstić information content (AvgIpc) is 2.93. The lowest BCUT2D eigenvalue weighted by atomic mass is 10.1. The number of rotatable bonds is 3. The van der Waals surface area contributed by atoms with Crippen LogP contribution in [-0.4, -0.2) is 24.7 Å². The Morgan fingerprint density at radius 3 is 2.61 bits per heavy atom. The molecule has 6 nitrogen and oxygen atoms in total. The zero-order valence-corrected chi connectivity index (χ0v) is 14.4. The second-order valence-corrected chi connectivity index (χ2v) is 5.40. The van der Waals surface area contributed by atoms with Crippen LogP contribution >= 0.6 is 0 Å². The van der Waals surface area contributed by atoms with E-state index in [-0.39, 0.29) is 0 Å². The summed E-state index contributed by atoms with van der Waals surface area (Å²) >= 11 is 0. The molecule has 0 aromatic carbocycles. The molecule has 122 valence electrons. The molecule has 0 aliphatic carbocycles. The second-order valence-electron chi connectivity index (χ2n) is 5.40. The van der Waals surface area contributed by atoms with Crippen LogP contribution in [0.4, 0.5) is 5.82 Å². The van der Waals surface area contributed by atoms with Crippen molar-refractivity contribution in [2.24, 2.45) is 0 Å². The van der Waals surface area contributed by atoms with Crippen molar-refractivity contribution in [3.63, 3.8) is 0 Å². The normalized spacial score (nSPS) is 10.7. The van der Waals surface area contributed by atoms with Gasteiger partial charge in [-0.25, -0.2) is 19.6 Å². The van der Waals surface area contributed by atoms with Gasteiger partial charge in [-0.15, -0.1) is 0 Å². The predicted octanol–water partition coefficient (Wildman–Crippen LogP) is 3.31. The zero-order chi connectivity index (χ0) is 17.0. The van der Waals surface area contributed by atoms with Gasteiger partial charge in [-0.05, 0) is 18.9 Å². The van der Waals surface area contributed by atoms with Gasteiger partial charge >= 0.3 is 0 Å². The fourth-order valence-electron chi connectivity index (χ4n) is 2.39. The highest BCUT2D eigenvalue weighted by Crippen LogP contribution is 2.23. The fraction of sp³-hybridized carbons (Fsp3) is 0.412. The summed E-state index contributed by atoms with van der Waals surface area (Å²) in [5.74, 6) is 1.61. The average molecular weight is 312 g/mol. The number of nitrogens with zero attached hydrogens (tertiary/aromatic N) is 5. The van der Waals surface area contributed by atoms with Crippen molar-refractivity contribution < 1.29 is 0 Å². The van der Waals surface area contributed by atoms with E-state index in [0.29, 0.717) is 18.3 Å². The molecule has 3 aromatic heterocycles. The summed E-state index contributed by atoms with van der Waals surface area (Å²) in [6.45, 7) is 10.7. The van der Waals surface area contributed by atoms with E-state index in [1.165, 1.54) is 0 Å². The third kappa shape index (κ3) is 3.47. The molecule has 0 atom stereocenters. The third-order valence-corrected chi connectivity index (χ3v) is 3.43. The van der Waals surface area contributed by atoms with Crippen molar-refractivity contribution in [1.29, 1.82) is 0 Å². The SMILES string of the molecule is CC.Cc1nc(C(C)C)c2cnn(Cc3cccnc3N)c2n1. The summed E-state index contributed by atoms with van der Waals surface area (Å²) in [7, 11) is 0. The minimum atomic E-state index is 0.329. The molecule has 6 heteroatoms. The lowest BCUT2D eigenvalue weighted by molar-refractivity contribution is 0.701. The maximum atomic E-state index is 5.90. The maximum absolute atomic E-state index is 5.90. The third-order valence-electron chi connectivity index (χ3n) is 3.43. The first-order chi connectivity index (χ1) is 11.1. The molecule has 0 aliphatic heterocycles. The van der Waals surface area contributed by atoms with E-state index in [4.69, 9.17) is 5.73 Å². The number of pyridine rings is 1. The summed E-state index contributed by atoms with van der Waals surface area (Å²) < 4.78 is 1.85. The van der Waals surface area contributed by atoms with E-state index in [1.807, 2.05) is 43.8 Å². The van der Waals surface area contributed by atoms with Gasteiger partial charge in [0.1, 0.15) is 11.6 Å². The van der Waals surface area contributed by atoms with Gasteiger partial charge < -0.3 is 5.73 Å². The molecular weight excluding hydrogens is 288 g/mol. The highest BCUT2D eigenvalue weighted by atomic mass is 15.3. The summed E-state index contributed by atoms with van der Waals surface area (Å²) in [6, 6.07) is 3.82. The molecule has 0 amide bonds. The number of nitrogen functional groups attached to an aromatic ring is 1. The van der Waals surface area contributed by atoms with Gasteiger partial charge in [-0.1, -0.05) is 33.8 Å². The smallest absolute Gasteiger partial charge is 0.162 e. The van der Waals surface area contributed by atoms with Crippen LogP contribution in [0.3, 0.4) is 0 Å². The van der Waals surface area contributed by atoms with Crippen LogP contribution < -0.4 is 5.73 Å². The monoisotopic (exact) mass is 312 g/mol. The highest BCUT2D eigenvalue weighted by molar-refractivity contribution is 5.77.